The van der Waals surface area contributed by atoms with E-state index in [0.29, 0.717) is 6.61 Å². The number of likely N-dealkylation sites (N-methyl/N-ethyl adjacent to an activating group) is 1. The van der Waals surface area contributed by atoms with Crippen LogP contribution in [0.3, 0.4) is 0 Å². The molecule has 1 N–H and O–H groups in total. The molecule has 2 aromatic carbocycles. The van der Waals surface area contributed by atoms with Crippen LogP contribution in [0.15, 0.2) is 54.6 Å². The summed E-state index contributed by atoms with van der Waals surface area (Å²) in [5.41, 5.74) is 1.99. The molecule has 4 nitrogen and oxygen atoms in total. The van der Waals surface area contributed by atoms with Crippen LogP contribution in [0.25, 0.3) is 6.08 Å². The highest BCUT2D eigenvalue weighted by molar-refractivity contribution is 5.91. The minimum atomic E-state index is -0.127. The Labute approximate surface area is 130 Å². The smallest absolute Gasteiger partial charge is 0.243 e. The largest absolute Gasteiger partial charge is 0.497 e. The molecule has 2 aromatic rings. The summed E-state index contributed by atoms with van der Waals surface area (Å²) < 4.78 is 10.9. The summed E-state index contributed by atoms with van der Waals surface area (Å²) in [5, 5.41) is 2.53. The molecular formula is C18H19NO3. The minimum Gasteiger partial charge on any atom is -0.497 e. The Morgan fingerprint density at radius 1 is 1.14 bits per heavy atom. The lowest BCUT2D eigenvalue weighted by Crippen LogP contribution is -2.13. The predicted octanol–water partition coefficient (Wildman–Crippen LogP) is 3.03. The first-order valence-electron chi connectivity index (χ1n) is 6.97. The highest BCUT2D eigenvalue weighted by atomic mass is 16.5. The van der Waals surface area contributed by atoms with Crippen LogP contribution in [0.1, 0.15) is 11.1 Å². The van der Waals surface area contributed by atoms with E-state index in [1.807, 2.05) is 48.5 Å². The van der Waals surface area contributed by atoms with Crippen LogP contribution in [0.5, 0.6) is 11.5 Å². The number of nitrogens with one attached hydrogen (secondary N) is 1. The Balaban J connectivity index is 1.93. The number of carbonyl (C=O) groups is 1. The molecule has 0 spiro atoms. The van der Waals surface area contributed by atoms with Crippen LogP contribution in [0, 0.1) is 0 Å². The van der Waals surface area contributed by atoms with Crippen LogP contribution in [-0.4, -0.2) is 20.1 Å². The van der Waals surface area contributed by atoms with Gasteiger partial charge in [0.05, 0.1) is 7.11 Å². The highest BCUT2D eigenvalue weighted by Gasteiger charge is 1.98. The topological polar surface area (TPSA) is 47.6 Å². The van der Waals surface area contributed by atoms with Crippen molar-refractivity contribution in [3.8, 4) is 11.5 Å². The highest BCUT2D eigenvalue weighted by Crippen LogP contribution is 2.17. The molecule has 0 heterocycles. The molecule has 0 saturated carbocycles. The predicted molar refractivity (Wildman–Crippen MR) is 86.9 cm³/mol. The van der Waals surface area contributed by atoms with Gasteiger partial charge in [0.25, 0.3) is 0 Å². The number of methoxy groups -OCH3 is 1. The zero-order valence-corrected chi connectivity index (χ0v) is 12.7. The van der Waals surface area contributed by atoms with E-state index in [0.717, 1.165) is 22.6 Å². The SMILES string of the molecule is CNC(=O)C=Cc1ccc(OCc2cccc(OC)c2)cc1. The van der Waals surface area contributed by atoms with E-state index in [4.69, 9.17) is 9.47 Å². The quantitative estimate of drug-likeness (QED) is 0.834. The van der Waals surface area contributed by atoms with Crippen molar-refractivity contribution in [1.82, 2.24) is 5.32 Å². The first kappa shape index (κ1) is 15.6. The first-order valence-corrected chi connectivity index (χ1v) is 6.97. The van der Waals surface area contributed by atoms with Gasteiger partial charge in [-0.05, 0) is 41.5 Å². The summed E-state index contributed by atoms with van der Waals surface area (Å²) in [6.07, 6.45) is 3.25. The Morgan fingerprint density at radius 2 is 1.91 bits per heavy atom. The second-order valence-electron chi connectivity index (χ2n) is 4.66. The van der Waals surface area contributed by atoms with Crippen molar-refractivity contribution in [2.75, 3.05) is 14.2 Å². The molecule has 0 aromatic heterocycles. The Kier molecular flexibility index (Phi) is 5.60. The summed E-state index contributed by atoms with van der Waals surface area (Å²) in [7, 11) is 3.24. The van der Waals surface area contributed by atoms with E-state index in [-0.39, 0.29) is 5.91 Å². The Morgan fingerprint density at radius 3 is 2.59 bits per heavy atom. The van der Waals surface area contributed by atoms with Crippen molar-refractivity contribution in [2.45, 2.75) is 6.61 Å². The molecule has 0 aliphatic heterocycles. The first-order chi connectivity index (χ1) is 10.7. The van der Waals surface area contributed by atoms with Crippen molar-refractivity contribution < 1.29 is 14.3 Å². The molecule has 0 unspecified atom stereocenters. The zero-order chi connectivity index (χ0) is 15.8. The monoisotopic (exact) mass is 297 g/mol. The van der Waals surface area contributed by atoms with E-state index in [2.05, 4.69) is 5.32 Å². The maximum atomic E-state index is 11.1. The Hall–Kier alpha value is -2.75. The maximum Gasteiger partial charge on any atom is 0.243 e. The van der Waals surface area contributed by atoms with Crippen molar-refractivity contribution in [2.24, 2.45) is 0 Å². The van der Waals surface area contributed by atoms with Crippen molar-refractivity contribution in [1.29, 1.82) is 0 Å². The van der Waals surface area contributed by atoms with Crippen molar-refractivity contribution >= 4 is 12.0 Å². The van der Waals surface area contributed by atoms with E-state index in [9.17, 15) is 4.79 Å². The standard InChI is InChI=1S/C18H19NO3/c1-19-18(20)11-8-14-6-9-16(10-7-14)22-13-15-4-3-5-17(12-15)21-2/h3-12H,13H2,1-2H3,(H,19,20). The van der Waals surface area contributed by atoms with Gasteiger partial charge in [-0.15, -0.1) is 0 Å². The van der Waals surface area contributed by atoms with Gasteiger partial charge in [-0.25, -0.2) is 0 Å². The fourth-order valence-electron chi connectivity index (χ4n) is 1.86. The van der Waals surface area contributed by atoms with Crippen LogP contribution < -0.4 is 14.8 Å². The summed E-state index contributed by atoms with van der Waals surface area (Å²) >= 11 is 0. The molecule has 0 aliphatic carbocycles. The zero-order valence-electron chi connectivity index (χ0n) is 12.7. The third-order valence-corrected chi connectivity index (χ3v) is 3.09. The number of amides is 1. The molecule has 0 saturated heterocycles. The van der Waals surface area contributed by atoms with Crippen molar-refractivity contribution in [3.63, 3.8) is 0 Å². The second kappa shape index (κ2) is 7.88. The van der Waals surface area contributed by atoms with Gasteiger partial charge < -0.3 is 14.8 Å². The van der Waals surface area contributed by atoms with Gasteiger partial charge in [-0.2, -0.15) is 0 Å². The molecule has 0 radical (unpaired) electrons. The van der Waals surface area contributed by atoms with Crippen LogP contribution in [-0.2, 0) is 11.4 Å². The molecule has 114 valence electrons. The number of rotatable bonds is 6. The van der Waals surface area contributed by atoms with E-state index >= 15 is 0 Å². The molecular weight excluding hydrogens is 278 g/mol. The third-order valence-electron chi connectivity index (χ3n) is 3.09. The molecule has 1 amide bonds. The van der Waals surface area contributed by atoms with Crippen LogP contribution in [0.4, 0.5) is 0 Å². The molecule has 0 atom stereocenters. The summed E-state index contributed by atoms with van der Waals surface area (Å²) in [4.78, 5) is 11.1. The second-order valence-corrected chi connectivity index (χ2v) is 4.66. The molecule has 2 rings (SSSR count). The van der Waals surface area contributed by atoms with Gasteiger partial charge in [0.1, 0.15) is 18.1 Å². The lowest BCUT2D eigenvalue weighted by molar-refractivity contribution is -0.115. The van der Waals surface area contributed by atoms with Gasteiger partial charge in [-0.1, -0.05) is 24.3 Å². The maximum absolute atomic E-state index is 11.1. The molecule has 0 bridgehead atoms. The molecule has 22 heavy (non-hydrogen) atoms. The summed E-state index contributed by atoms with van der Waals surface area (Å²) in [6, 6.07) is 15.3. The van der Waals surface area contributed by atoms with Crippen LogP contribution >= 0.6 is 0 Å². The molecule has 4 heteroatoms. The average molecular weight is 297 g/mol. The van der Waals surface area contributed by atoms with E-state index in [1.54, 1.807) is 20.2 Å². The minimum absolute atomic E-state index is 0.127. The lowest BCUT2D eigenvalue weighted by atomic mass is 10.2. The van der Waals surface area contributed by atoms with Crippen molar-refractivity contribution in [3.05, 3.63) is 65.7 Å². The fourth-order valence-corrected chi connectivity index (χ4v) is 1.86. The van der Waals surface area contributed by atoms with E-state index < -0.39 is 0 Å². The van der Waals surface area contributed by atoms with E-state index in [1.165, 1.54) is 6.08 Å². The number of hydrogen-bond donors (Lipinski definition) is 1. The number of benzene rings is 2. The fraction of sp³-hybridized carbons (Fsp3) is 0.167. The van der Waals surface area contributed by atoms with Gasteiger partial charge >= 0.3 is 0 Å². The molecule has 0 aliphatic rings. The van der Waals surface area contributed by atoms with Crippen LogP contribution in [0.2, 0.25) is 0 Å². The summed E-state index contributed by atoms with van der Waals surface area (Å²) in [6.45, 7) is 0.477. The third kappa shape index (κ3) is 4.66. The van der Waals surface area contributed by atoms with Gasteiger partial charge in [0.15, 0.2) is 0 Å². The normalized spacial score (nSPS) is 10.5. The summed E-state index contributed by atoms with van der Waals surface area (Å²) in [5.74, 6) is 1.47. The average Bonchev–Trinajstić information content (AvgIpc) is 2.58. The van der Waals surface area contributed by atoms with Gasteiger partial charge in [0, 0.05) is 13.1 Å². The lowest BCUT2D eigenvalue weighted by Gasteiger charge is -2.08. The number of carbonyl (C=O) groups excluding carboxylic acids is 1. The Bertz CT molecular complexity index is 648. The van der Waals surface area contributed by atoms with Gasteiger partial charge in [-0.3, -0.25) is 4.79 Å². The number of hydrogen-bond acceptors (Lipinski definition) is 3. The van der Waals surface area contributed by atoms with Gasteiger partial charge in [0.2, 0.25) is 5.91 Å². The molecule has 0 fully saturated rings. The number of ether oxygens (including phenoxy) is 2.